The van der Waals surface area contributed by atoms with E-state index in [9.17, 15) is 4.79 Å². The van der Waals surface area contributed by atoms with Gasteiger partial charge in [-0.1, -0.05) is 36.7 Å². The Morgan fingerprint density at radius 3 is 2.69 bits per heavy atom. The molecule has 0 saturated carbocycles. The molecule has 1 N–H and O–H groups in total. The fourth-order valence-electron chi connectivity index (χ4n) is 3.36. The van der Waals surface area contributed by atoms with Crippen LogP contribution in [0.2, 0.25) is 5.02 Å². The topological polar surface area (TPSA) is 38.3 Å². The van der Waals surface area contributed by atoms with E-state index in [1.54, 1.807) is 18.2 Å². The van der Waals surface area contributed by atoms with Gasteiger partial charge >= 0.3 is 0 Å². The number of nitrogens with one attached hydrogen (secondary N) is 1. The third kappa shape index (κ3) is 4.80. The Bertz CT molecular complexity index is 794. The van der Waals surface area contributed by atoms with Crippen LogP contribution < -0.4 is 10.1 Å². The molecule has 1 aliphatic rings. The van der Waals surface area contributed by atoms with Crippen LogP contribution in [0.1, 0.15) is 48.9 Å². The van der Waals surface area contributed by atoms with Crippen LogP contribution >= 0.6 is 27.5 Å². The number of carbonyl (C=O) groups is 1. The fourth-order valence-corrected chi connectivity index (χ4v) is 4.16. The van der Waals surface area contributed by atoms with Crippen molar-refractivity contribution < 1.29 is 9.53 Å². The van der Waals surface area contributed by atoms with E-state index in [0.29, 0.717) is 10.8 Å². The normalized spacial score (nSPS) is 14.4. The first-order chi connectivity index (χ1) is 12.6. The summed E-state index contributed by atoms with van der Waals surface area (Å²) in [6.07, 6.45) is 5.68. The molecule has 0 bridgehead atoms. The van der Waals surface area contributed by atoms with Crippen LogP contribution in [0.15, 0.2) is 40.9 Å². The molecule has 0 aromatic heterocycles. The molecule has 0 spiro atoms. The maximum absolute atomic E-state index is 12.3. The summed E-state index contributed by atoms with van der Waals surface area (Å²) in [5.74, 6) is 0.475. The van der Waals surface area contributed by atoms with E-state index in [-0.39, 0.29) is 18.6 Å². The number of amides is 1. The Hall–Kier alpha value is -1.52. The highest BCUT2D eigenvalue weighted by atomic mass is 79.9. The molecule has 1 atom stereocenters. The number of ether oxygens (including phenoxy) is 1. The van der Waals surface area contributed by atoms with Gasteiger partial charge in [-0.2, -0.15) is 0 Å². The summed E-state index contributed by atoms with van der Waals surface area (Å²) >= 11 is 9.31. The van der Waals surface area contributed by atoms with Crippen molar-refractivity contribution in [2.24, 2.45) is 0 Å². The summed E-state index contributed by atoms with van der Waals surface area (Å²) in [6.45, 7) is 2.06. The predicted octanol–water partition coefficient (Wildman–Crippen LogP) is 5.63. The summed E-state index contributed by atoms with van der Waals surface area (Å²) in [5.41, 5.74) is 4.06. The van der Waals surface area contributed by atoms with Gasteiger partial charge in [0, 0.05) is 5.02 Å². The number of fused-ring (bicyclic) bond motifs is 1. The first-order valence-electron chi connectivity index (χ1n) is 9.05. The Labute approximate surface area is 168 Å². The highest BCUT2D eigenvalue weighted by Gasteiger charge is 2.16. The lowest BCUT2D eigenvalue weighted by Gasteiger charge is -2.22. The van der Waals surface area contributed by atoms with Gasteiger partial charge in [-0.25, -0.2) is 0 Å². The molecule has 5 heteroatoms. The van der Waals surface area contributed by atoms with Gasteiger partial charge in [-0.05, 0) is 82.9 Å². The smallest absolute Gasteiger partial charge is 0.258 e. The molecule has 1 amide bonds. The Balaban J connectivity index is 1.61. The molecule has 0 heterocycles. The highest BCUT2D eigenvalue weighted by Crippen LogP contribution is 2.28. The number of halogens is 2. The number of benzene rings is 2. The average molecular weight is 437 g/mol. The molecular weight excluding hydrogens is 414 g/mol. The monoisotopic (exact) mass is 435 g/mol. The van der Waals surface area contributed by atoms with Crippen LogP contribution in [0.25, 0.3) is 0 Å². The van der Waals surface area contributed by atoms with Crippen molar-refractivity contribution in [1.29, 1.82) is 0 Å². The van der Waals surface area contributed by atoms with Crippen molar-refractivity contribution in [3.63, 3.8) is 0 Å². The van der Waals surface area contributed by atoms with E-state index in [4.69, 9.17) is 16.3 Å². The van der Waals surface area contributed by atoms with Crippen LogP contribution in [0, 0.1) is 0 Å². The van der Waals surface area contributed by atoms with Crippen molar-refractivity contribution in [3.05, 3.63) is 62.6 Å². The third-order valence-corrected chi connectivity index (χ3v) is 5.63. The zero-order chi connectivity index (χ0) is 18.5. The number of carbonyl (C=O) groups excluding carboxylic acids is 1. The molecule has 0 unspecified atom stereocenters. The molecule has 3 nitrogen and oxygen atoms in total. The van der Waals surface area contributed by atoms with Crippen LogP contribution in [-0.2, 0) is 17.6 Å². The van der Waals surface area contributed by atoms with Crippen molar-refractivity contribution in [2.45, 2.75) is 45.1 Å². The van der Waals surface area contributed by atoms with Gasteiger partial charge in [0.25, 0.3) is 5.91 Å². The van der Waals surface area contributed by atoms with E-state index >= 15 is 0 Å². The standard InChI is InChI=1S/C21H23BrClNO2/c1-2-19(16-8-7-14-5-3-4-6-15(14)11-16)24-21(25)13-26-20-10-9-17(23)12-18(20)22/h7-12,19H,2-6,13H2,1H3,(H,24,25)/t19-/m1/s1. The SMILES string of the molecule is CC[C@@H](NC(=O)COc1ccc(Cl)cc1Br)c1ccc2c(c1)CCCC2. The minimum absolute atomic E-state index is 0.00647. The molecule has 0 aliphatic heterocycles. The van der Waals surface area contributed by atoms with Crippen molar-refractivity contribution in [1.82, 2.24) is 5.32 Å². The molecule has 2 aromatic carbocycles. The van der Waals surface area contributed by atoms with Crippen molar-refractivity contribution in [3.8, 4) is 5.75 Å². The van der Waals surface area contributed by atoms with Crippen LogP contribution in [-0.4, -0.2) is 12.5 Å². The summed E-state index contributed by atoms with van der Waals surface area (Å²) in [4.78, 5) is 12.3. The van der Waals surface area contributed by atoms with Gasteiger partial charge in [0.2, 0.25) is 0 Å². The zero-order valence-electron chi connectivity index (χ0n) is 14.9. The van der Waals surface area contributed by atoms with Crippen molar-refractivity contribution in [2.75, 3.05) is 6.61 Å². The van der Waals surface area contributed by atoms with E-state index in [1.165, 1.54) is 36.0 Å². The lowest BCUT2D eigenvalue weighted by molar-refractivity contribution is -0.123. The minimum atomic E-state index is -0.128. The van der Waals surface area contributed by atoms with Gasteiger partial charge in [-0.15, -0.1) is 0 Å². The van der Waals surface area contributed by atoms with Gasteiger partial charge < -0.3 is 10.1 Å². The van der Waals surface area contributed by atoms with Gasteiger partial charge in [0.15, 0.2) is 6.61 Å². The molecule has 3 rings (SSSR count). The quantitative estimate of drug-likeness (QED) is 0.637. The average Bonchev–Trinajstić information content (AvgIpc) is 2.65. The maximum atomic E-state index is 12.3. The van der Waals surface area contributed by atoms with E-state index in [0.717, 1.165) is 17.3 Å². The van der Waals surface area contributed by atoms with Crippen molar-refractivity contribution >= 4 is 33.4 Å². The lowest BCUT2D eigenvalue weighted by Crippen LogP contribution is -2.32. The van der Waals surface area contributed by atoms with Gasteiger partial charge in [0.1, 0.15) is 5.75 Å². The molecule has 0 fully saturated rings. The number of rotatable bonds is 6. The lowest BCUT2D eigenvalue weighted by atomic mass is 9.89. The predicted molar refractivity (Wildman–Crippen MR) is 109 cm³/mol. The number of aryl methyl sites for hydroxylation is 2. The Kier molecular flexibility index (Phi) is 6.60. The second kappa shape index (κ2) is 8.92. The van der Waals surface area contributed by atoms with Crippen LogP contribution in [0.5, 0.6) is 5.75 Å². The molecule has 138 valence electrons. The first kappa shape index (κ1) is 19.2. The number of hydrogen-bond acceptors (Lipinski definition) is 2. The first-order valence-corrected chi connectivity index (χ1v) is 10.2. The molecule has 26 heavy (non-hydrogen) atoms. The van der Waals surface area contributed by atoms with Crippen LogP contribution in [0.4, 0.5) is 0 Å². The highest BCUT2D eigenvalue weighted by molar-refractivity contribution is 9.10. The van der Waals surface area contributed by atoms with E-state index < -0.39 is 0 Å². The minimum Gasteiger partial charge on any atom is -0.483 e. The van der Waals surface area contributed by atoms with E-state index in [1.807, 2.05) is 0 Å². The Morgan fingerprint density at radius 1 is 1.19 bits per heavy atom. The summed E-state index contributed by atoms with van der Waals surface area (Å²) in [7, 11) is 0. The molecule has 1 aliphatic carbocycles. The third-order valence-electron chi connectivity index (χ3n) is 4.77. The fraction of sp³-hybridized carbons (Fsp3) is 0.381. The summed E-state index contributed by atoms with van der Waals surface area (Å²) < 4.78 is 6.34. The Morgan fingerprint density at radius 2 is 1.96 bits per heavy atom. The second-order valence-corrected chi connectivity index (χ2v) is 7.92. The molecule has 0 radical (unpaired) electrons. The van der Waals surface area contributed by atoms with Crippen LogP contribution in [0.3, 0.4) is 0 Å². The number of hydrogen-bond donors (Lipinski definition) is 1. The van der Waals surface area contributed by atoms with E-state index in [2.05, 4.69) is 46.4 Å². The zero-order valence-corrected chi connectivity index (χ0v) is 17.2. The summed E-state index contributed by atoms with van der Waals surface area (Å²) in [5, 5.41) is 3.70. The largest absolute Gasteiger partial charge is 0.483 e. The summed E-state index contributed by atoms with van der Waals surface area (Å²) in [6, 6.07) is 11.9. The second-order valence-electron chi connectivity index (χ2n) is 6.63. The van der Waals surface area contributed by atoms with Gasteiger partial charge in [0.05, 0.1) is 10.5 Å². The molecular formula is C21H23BrClNO2. The molecule has 0 saturated heterocycles. The molecule has 2 aromatic rings. The maximum Gasteiger partial charge on any atom is 0.258 e. The van der Waals surface area contributed by atoms with Gasteiger partial charge in [-0.3, -0.25) is 4.79 Å².